The first-order valence-corrected chi connectivity index (χ1v) is 30.1. The molecule has 12 aromatic carbocycles. The number of hydrogen-bond donors (Lipinski definition) is 0. The van der Waals surface area contributed by atoms with Gasteiger partial charge in [-0.15, -0.1) is 0 Å². The Morgan fingerprint density at radius 1 is 0.292 bits per heavy atom. The lowest BCUT2D eigenvalue weighted by molar-refractivity contribution is 0.561. The second kappa shape index (κ2) is 20.5. The zero-order valence-electron chi connectivity index (χ0n) is 49.0. The fourth-order valence-electron chi connectivity index (χ4n) is 13.7. The van der Waals surface area contributed by atoms with E-state index in [4.69, 9.17) is 19.4 Å². The number of aryl methyl sites for hydroxylation is 3. The van der Waals surface area contributed by atoms with Crippen LogP contribution in [0, 0.1) is 20.8 Å². The van der Waals surface area contributed by atoms with Crippen molar-refractivity contribution in [3.05, 3.63) is 300 Å². The van der Waals surface area contributed by atoms with Gasteiger partial charge in [0.1, 0.15) is 5.58 Å². The van der Waals surface area contributed by atoms with Crippen molar-refractivity contribution in [1.29, 1.82) is 0 Å². The maximum absolute atomic E-state index is 14.6. The molecule has 0 saturated carbocycles. The van der Waals surface area contributed by atoms with E-state index in [2.05, 4.69) is 235 Å². The molecule has 8 heteroatoms. The summed E-state index contributed by atoms with van der Waals surface area (Å²) in [6.45, 7) is 6.45. The molecule has 420 valence electrons. The molecule has 0 bridgehead atoms. The molecule has 0 unspecified atom stereocenters. The van der Waals surface area contributed by atoms with E-state index < -0.39 is 5.63 Å². The van der Waals surface area contributed by atoms with Crippen LogP contribution in [0.25, 0.3) is 161 Å². The third-order valence-electron chi connectivity index (χ3n) is 17.7. The van der Waals surface area contributed by atoms with Crippen LogP contribution in [-0.2, 0) is 0 Å². The van der Waals surface area contributed by atoms with Crippen molar-refractivity contribution in [2.45, 2.75) is 20.8 Å². The normalized spacial score (nSPS) is 11.8. The van der Waals surface area contributed by atoms with Crippen LogP contribution in [0.5, 0.6) is 0 Å². The van der Waals surface area contributed by atoms with E-state index in [0.29, 0.717) is 34.0 Å². The molecule has 5 heterocycles. The van der Waals surface area contributed by atoms with E-state index in [0.717, 1.165) is 94.7 Å². The van der Waals surface area contributed by atoms with Gasteiger partial charge in [0, 0.05) is 83.1 Å². The summed E-state index contributed by atoms with van der Waals surface area (Å²) in [6.07, 6.45) is 0. The van der Waals surface area contributed by atoms with Crippen molar-refractivity contribution in [2.24, 2.45) is 0 Å². The van der Waals surface area contributed by atoms with Gasteiger partial charge in [0.15, 0.2) is 17.5 Å². The number of hydrogen-bond acceptors (Lipinski definition) is 5. The summed E-state index contributed by atoms with van der Waals surface area (Å²) in [4.78, 5) is 30.2. The predicted octanol–water partition coefficient (Wildman–Crippen LogP) is 20.2. The summed E-state index contributed by atoms with van der Waals surface area (Å²) >= 11 is 0. The highest BCUT2D eigenvalue weighted by atomic mass is 16.4. The lowest BCUT2D eigenvalue weighted by Crippen LogP contribution is -2.05. The van der Waals surface area contributed by atoms with Crippen LogP contribution in [0.4, 0.5) is 0 Å². The van der Waals surface area contributed by atoms with Crippen LogP contribution in [0.2, 0.25) is 0 Å². The van der Waals surface area contributed by atoms with Crippen molar-refractivity contribution in [1.82, 2.24) is 28.7 Å². The van der Waals surface area contributed by atoms with Crippen LogP contribution >= 0.6 is 0 Å². The maximum Gasteiger partial charge on any atom is 0.336 e. The monoisotopic (exact) mass is 1140 g/mol. The summed E-state index contributed by atoms with van der Waals surface area (Å²) in [7, 11) is 0. The lowest BCUT2D eigenvalue weighted by Gasteiger charge is -2.21. The highest BCUT2D eigenvalue weighted by Gasteiger charge is 2.26. The number of fused-ring (bicyclic) bond motifs is 10. The van der Waals surface area contributed by atoms with Crippen molar-refractivity contribution in [3.63, 3.8) is 0 Å². The molecule has 0 spiro atoms. The highest BCUT2D eigenvalue weighted by molar-refractivity contribution is 6.15. The number of para-hydroxylation sites is 3. The largest absolute Gasteiger partial charge is 0.423 e. The molecule has 0 N–H and O–H groups in total. The van der Waals surface area contributed by atoms with Gasteiger partial charge in [-0.3, -0.25) is 0 Å². The van der Waals surface area contributed by atoms with Gasteiger partial charge in [-0.25, -0.2) is 19.7 Å². The molecule has 8 nitrogen and oxygen atoms in total. The Labute approximate surface area is 512 Å². The van der Waals surface area contributed by atoms with Gasteiger partial charge in [0.05, 0.1) is 33.1 Å². The minimum absolute atomic E-state index is 0.343. The van der Waals surface area contributed by atoms with Crippen molar-refractivity contribution in [3.8, 4) is 84.6 Å². The molecule has 17 aromatic rings. The van der Waals surface area contributed by atoms with Crippen LogP contribution in [0.3, 0.4) is 0 Å². The maximum atomic E-state index is 14.6. The van der Waals surface area contributed by atoms with Gasteiger partial charge in [-0.2, -0.15) is 0 Å². The smallest absolute Gasteiger partial charge is 0.336 e. The lowest BCUT2D eigenvalue weighted by atomic mass is 9.84. The molecule has 0 aliphatic rings. The van der Waals surface area contributed by atoms with Crippen molar-refractivity contribution >= 4 is 76.4 Å². The third-order valence-corrected chi connectivity index (χ3v) is 17.7. The van der Waals surface area contributed by atoms with E-state index in [1.807, 2.05) is 66.7 Å². The van der Waals surface area contributed by atoms with Gasteiger partial charge < -0.3 is 18.1 Å². The SMILES string of the molecule is Cc1ccc2c(c1)c1ccccc1n2-c1ccc(-c2cc3oc(=O)cc(-c4nc(-c5ccccc5)nc(-c5ccccc5)n4)c3c(-c3ccc(-n4c5ccccc5c5cc(C)ccc54)cc3)c2-c2ccc(-n3c4ccccc4c4cc(C)ccc43)cc2)cc1. The van der Waals surface area contributed by atoms with Crippen LogP contribution in [-0.4, -0.2) is 28.7 Å². The fraction of sp³-hybridized carbons (Fsp3) is 0.0370. The van der Waals surface area contributed by atoms with Crippen LogP contribution < -0.4 is 5.63 Å². The molecule has 0 fully saturated rings. The van der Waals surface area contributed by atoms with E-state index in [1.165, 1.54) is 49.0 Å². The van der Waals surface area contributed by atoms with Crippen LogP contribution in [0.15, 0.2) is 282 Å². The molecule has 5 aromatic heterocycles. The molecular weight excluding hydrogens is 1090 g/mol. The molecule has 0 aliphatic heterocycles. The Hall–Kier alpha value is -11.7. The molecule has 89 heavy (non-hydrogen) atoms. The zero-order valence-corrected chi connectivity index (χ0v) is 49.0. The summed E-state index contributed by atoms with van der Waals surface area (Å²) in [5.74, 6) is 1.30. The summed E-state index contributed by atoms with van der Waals surface area (Å²) in [6, 6.07) is 96.0. The number of nitrogens with zero attached hydrogens (tertiary/aromatic N) is 6. The molecule has 0 atom stereocenters. The quantitative estimate of drug-likeness (QED) is 0.134. The number of benzene rings is 12. The Kier molecular flexibility index (Phi) is 11.9. The molecular formula is C81H54N6O2. The highest BCUT2D eigenvalue weighted by Crippen LogP contribution is 2.49. The molecule has 0 saturated heterocycles. The first-order chi connectivity index (χ1) is 43.8. The summed E-state index contributed by atoms with van der Waals surface area (Å²) in [5.41, 5.74) is 21.0. The number of rotatable bonds is 9. The standard InChI is InChI=1S/C81H54N6O2/c1-49-26-41-71-64(44-49)60-20-10-13-23-68(60)85(71)57-35-29-52(30-36-57)63-47-74-78(67(48-75(88)89-74)81-83-79(55-16-6-4-7-17-55)82-80(84-81)56-18-8-5-9-19-56)77(54-33-39-59(40-34-54)87-70-25-15-12-22-62(70)66-46-51(3)28-43-73(66)87)76(63)53-31-37-58(38-32-53)86-69-24-14-11-21-61(69)65-45-50(2)27-42-72(65)86/h4-48H,1-3H3. The second-order valence-electron chi connectivity index (χ2n) is 23.3. The Bertz CT molecular complexity index is 5700. The topological polar surface area (TPSA) is 83.7 Å². The molecule has 17 rings (SSSR count). The minimum atomic E-state index is -0.528. The average molecular weight is 1140 g/mol. The molecule has 0 radical (unpaired) electrons. The van der Waals surface area contributed by atoms with Gasteiger partial charge in [-0.1, -0.05) is 187 Å². The Balaban J connectivity index is 0.957. The van der Waals surface area contributed by atoms with Gasteiger partial charge >= 0.3 is 5.63 Å². The fourth-order valence-corrected chi connectivity index (χ4v) is 13.7. The Morgan fingerprint density at radius 2 is 0.652 bits per heavy atom. The summed E-state index contributed by atoms with van der Waals surface area (Å²) in [5, 5.41) is 7.90. The average Bonchev–Trinajstić information content (AvgIpc) is 1.34. The van der Waals surface area contributed by atoms with Crippen molar-refractivity contribution < 1.29 is 4.42 Å². The zero-order chi connectivity index (χ0) is 59.4. The molecule has 0 amide bonds. The van der Waals surface area contributed by atoms with E-state index in [1.54, 1.807) is 6.07 Å². The van der Waals surface area contributed by atoms with Gasteiger partial charge in [0.2, 0.25) is 0 Å². The predicted molar refractivity (Wildman–Crippen MR) is 366 cm³/mol. The van der Waals surface area contributed by atoms with E-state index in [9.17, 15) is 4.79 Å². The third kappa shape index (κ3) is 8.51. The first-order valence-electron chi connectivity index (χ1n) is 30.1. The van der Waals surface area contributed by atoms with E-state index in [-0.39, 0.29) is 0 Å². The number of aromatic nitrogens is 6. The Morgan fingerprint density at radius 3 is 1.08 bits per heavy atom. The minimum Gasteiger partial charge on any atom is -0.423 e. The van der Waals surface area contributed by atoms with Crippen molar-refractivity contribution in [2.75, 3.05) is 0 Å². The van der Waals surface area contributed by atoms with Gasteiger partial charge in [-0.05, 0) is 146 Å². The second-order valence-corrected chi connectivity index (χ2v) is 23.3. The van der Waals surface area contributed by atoms with Gasteiger partial charge in [0.25, 0.3) is 0 Å². The summed E-state index contributed by atoms with van der Waals surface area (Å²) < 4.78 is 13.6. The van der Waals surface area contributed by atoms with E-state index >= 15 is 0 Å². The van der Waals surface area contributed by atoms with Crippen LogP contribution in [0.1, 0.15) is 16.7 Å². The first kappa shape index (κ1) is 51.7. The molecule has 0 aliphatic carbocycles.